The quantitative estimate of drug-likeness (QED) is 0.684. The normalized spacial score (nSPS) is 21.2. The first-order valence-corrected chi connectivity index (χ1v) is 6.84. The maximum atomic E-state index is 11.2. The molecule has 0 aromatic heterocycles. The fraction of sp³-hybridized carbons (Fsp3) is 0.538. The lowest BCUT2D eigenvalue weighted by Crippen LogP contribution is -2.49. The summed E-state index contributed by atoms with van der Waals surface area (Å²) >= 11 is 5.99. The number of nitrogens with two attached hydrogens (primary N) is 1. The minimum Gasteiger partial charge on any atom is -0.361 e. The van der Waals surface area contributed by atoms with Crippen molar-refractivity contribution >= 4 is 23.0 Å². The highest BCUT2D eigenvalue weighted by Gasteiger charge is 2.30. The van der Waals surface area contributed by atoms with Gasteiger partial charge in [-0.25, -0.2) is 0 Å². The van der Waals surface area contributed by atoms with E-state index < -0.39 is 0 Å². The number of rotatable bonds is 3. The van der Waals surface area contributed by atoms with Crippen molar-refractivity contribution in [1.82, 2.24) is 0 Å². The maximum Gasteiger partial charge on any atom is 0.292 e. The summed E-state index contributed by atoms with van der Waals surface area (Å²) in [6, 6.07) is 4.78. The third kappa shape index (κ3) is 2.98. The molecule has 1 heterocycles. The van der Waals surface area contributed by atoms with Crippen molar-refractivity contribution in [3.05, 3.63) is 33.3 Å². The van der Waals surface area contributed by atoms with Crippen LogP contribution in [-0.2, 0) is 0 Å². The Morgan fingerprint density at radius 1 is 1.53 bits per heavy atom. The molecule has 19 heavy (non-hydrogen) atoms. The number of hydrogen-bond acceptors (Lipinski definition) is 4. The van der Waals surface area contributed by atoms with Crippen molar-refractivity contribution in [1.29, 1.82) is 0 Å². The van der Waals surface area contributed by atoms with Gasteiger partial charge in [-0.2, -0.15) is 0 Å². The summed E-state index contributed by atoms with van der Waals surface area (Å²) in [5, 5.41) is 11.7. The average molecular weight is 284 g/mol. The summed E-state index contributed by atoms with van der Waals surface area (Å²) in [6.07, 6.45) is 3.09. The summed E-state index contributed by atoms with van der Waals surface area (Å²) in [5.41, 5.74) is 6.69. The number of halogens is 1. The van der Waals surface area contributed by atoms with Crippen LogP contribution in [-0.4, -0.2) is 23.6 Å². The second-order valence-electron chi connectivity index (χ2n) is 5.01. The zero-order valence-corrected chi connectivity index (χ0v) is 11.6. The molecule has 1 aliphatic heterocycles. The Balaban J connectivity index is 2.43. The Bertz CT molecular complexity index is 479. The lowest BCUT2D eigenvalue weighted by atomic mass is 9.96. The van der Waals surface area contributed by atoms with Crippen LogP contribution in [0.3, 0.4) is 0 Å². The molecule has 1 saturated heterocycles. The van der Waals surface area contributed by atoms with Crippen LogP contribution >= 0.6 is 11.6 Å². The molecule has 0 spiro atoms. The van der Waals surface area contributed by atoms with Gasteiger partial charge in [0.05, 0.1) is 4.92 Å². The van der Waals surface area contributed by atoms with Crippen LogP contribution in [0.4, 0.5) is 11.4 Å². The van der Waals surface area contributed by atoms with Crippen molar-refractivity contribution in [3.8, 4) is 0 Å². The van der Waals surface area contributed by atoms with Gasteiger partial charge in [0.15, 0.2) is 0 Å². The molecule has 6 heteroatoms. The van der Waals surface area contributed by atoms with Crippen LogP contribution in [0.2, 0.25) is 5.02 Å². The Morgan fingerprint density at radius 2 is 2.26 bits per heavy atom. The van der Waals surface area contributed by atoms with Crippen LogP contribution < -0.4 is 10.6 Å². The summed E-state index contributed by atoms with van der Waals surface area (Å²) in [4.78, 5) is 12.8. The Morgan fingerprint density at radius 3 is 2.89 bits per heavy atom. The summed E-state index contributed by atoms with van der Waals surface area (Å²) < 4.78 is 0. The first kappa shape index (κ1) is 14.1. The monoisotopic (exact) mass is 283 g/mol. The minimum atomic E-state index is -0.363. The van der Waals surface area contributed by atoms with E-state index in [4.69, 9.17) is 17.3 Å². The molecule has 0 saturated carbocycles. The molecule has 0 aliphatic carbocycles. The number of nitro groups is 1. The lowest BCUT2D eigenvalue weighted by molar-refractivity contribution is -0.384. The first-order chi connectivity index (χ1) is 9.00. The van der Waals surface area contributed by atoms with Crippen LogP contribution in [0.5, 0.6) is 0 Å². The van der Waals surface area contributed by atoms with Gasteiger partial charge in [-0.15, -0.1) is 0 Å². The first-order valence-electron chi connectivity index (χ1n) is 6.47. The van der Waals surface area contributed by atoms with Crippen molar-refractivity contribution in [2.24, 2.45) is 5.73 Å². The van der Waals surface area contributed by atoms with Gasteiger partial charge >= 0.3 is 0 Å². The van der Waals surface area contributed by atoms with E-state index in [1.54, 1.807) is 12.1 Å². The number of hydrogen-bond donors (Lipinski definition) is 1. The molecule has 104 valence electrons. The van der Waals surface area contributed by atoms with E-state index in [0.717, 1.165) is 25.8 Å². The van der Waals surface area contributed by atoms with E-state index in [1.165, 1.54) is 6.07 Å². The molecule has 0 amide bonds. The number of nitrogens with zero attached hydrogens (tertiary/aromatic N) is 2. The van der Waals surface area contributed by atoms with E-state index in [2.05, 4.69) is 0 Å². The van der Waals surface area contributed by atoms with Crippen molar-refractivity contribution in [2.45, 2.75) is 38.3 Å². The second kappa shape index (κ2) is 5.75. The highest BCUT2D eigenvalue weighted by atomic mass is 35.5. The Labute approximate surface area is 117 Å². The van der Waals surface area contributed by atoms with Crippen molar-refractivity contribution < 1.29 is 4.92 Å². The van der Waals surface area contributed by atoms with Gasteiger partial charge in [0.1, 0.15) is 5.69 Å². The predicted octanol–water partition coefficient (Wildman–Crippen LogP) is 2.95. The number of benzene rings is 1. The van der Waals surface area contributed by atoms with Gasteiger partial charge < -0.3 is 10.6 Å². The van der Waals surface area contributed by atoms with E-state index in [0.29, 0.717) is 10.7 Å². The number of piperidine rings is 1. The van der Waals surface area contributed by atoms with E-state index in [9.17, 15) is 10.1 Å². The maximum absolute atomic E-state index is 11.2. The van der Waals surface area contributed by atoms with Gasteiger partial charge in [-0.3, -0.25) is 10.1 Å². The smallest absolute Gasteiger partial charge is 0.292 e. The molecule has 1 aliphatic rings. The zero-order valence-electron chi connectivity index (χ0n) is 10.9. The third-order valence-electron chi connectivity index (χ3n) is 3.60. The van der Waals surface area contributed by atoms with E-state index >= 15 is 0 Å². The van der Waals surface area contributed by atoms with E-state index in [1.807, 2.05) is 11.8 Å². The summed E-state index contributed by atoms with van der Waals surface area (Å²) in [6.45, 7) is 2.73. The van der Waals surface area contributed by atoms with Gasteiger partial charge in [-0.05, 0) is 38.3 Å². The number of nitro benzene ring substituents is 1. The predicted molar refractivity (Wildman–Crippen MR) is 76.7 cm³/mol. The van der Waals surface area contributed by atoms with Crippen LogP contribution in [0.1, 0.15) is 26.2 Å². The molecule has 2 N–H and O–H groups in total. The summed E-state index contributed by atoms with van der Waals surface area (Å²) in [5.74, 6) is 0. The molecule has 2 atom stereocenters. The molecular weight excluding hydrogens is 266 g/mol. The largest absolute Gasteiger partial charge is 0.361 e. The Kier molecular flexibility index (Phi) is 4.27. The lowest BCUT2D eigenvalue weighted by Gasteiger charge is -2.39. The average Bonchev–Trinajstić information content (AvgIpc) is 2.38. The van der Waals surface area contributed by atoms with Gasteiger partial charge in [0.2, 0.25) is 0 Å². The summed E-state index contributed by atoms with van der Waals surface area (Å²) in [7, 11) is 0. The molecule has 0 radical (unpaired) electrons. The SMILES string of the molecule is CC(N)C1CCCCN1c1cc(Cl)ccc1[N+](=O)[O-]. The Hall–Kier alpha value is -1.33. The van der Waals surface area contributed by atoms with Gasteiger partial charge in [0.25, 0.3) is 5.69 Å². The standard InChI is InChI=1S/C13H18ClN3O2/c1-9(15)11-4-2-3-7-16(11)13-8-10(14)5-6-12(13)17(18)19/h5-6,8-9,11H,2-4,7,15H2,1H3. The number of anilines is 1. The fourth-order valence-corrected chi connectivity index (χ4v) is 2.85. The van der Waals surface area contributed by atoms with Crippen LogP contribution in [0.25, 0.3) is 0 Å². The van der Waals surface area contributed by atoms with Gasteiger partial charge in [-0.1, -0.05) is 11.6 Å². The molecule has 5 nitrogen and oxygen atoms in total. The highest BCUT2D eigenvalue weighted by molar-refractivity contribution is 6.31. The minimum absolute atomic E-state index is 0.0288. The van der Waals surface area contributed by atoms with Crippen molar-refractivity contribution in [3.63, 3.8) is 0 Å². The molecule has 1 fully saturated rings. The highest BCUT2D eigenvalue weighted by Crippen LogP contribution is 2.35. The molecular formula is C13H18ClN3O2. The topological polar surface area (TPSA) is 72.4 Å². The van der Waals surface area contributed by atoms with Gasteiger partial charge in [0, 0.05) is 29.7 Å². The zero-order chi connectivity index (χ0) is 14.0. The van der Waals surface area contributed by atoms with Crippen LogP contribution in [0, 0.1) is 10.1 Å². The third-order valence-corrected chi connectivity index (χ3v) is 3.83. The molecule has 2 unspecified atom stereocenters. The second-order valence-corrected chi connectivity index (χ2v) is 5.44. The molecule has 1 aromatic rings. The molecule has 0 bridgehead atoms. The molecule has 2 rings (SSSR count). The van der Waals surface area contributed by atoms with E-state index in [-0.39, 0.29) is 22.7 Å². The van der Waals surface area contributed by atoms with Crippen molar-refractivity contribution in [2.75, 3.05) is 11.4 Å². The molecule has 1 aromatic carbocycles. The van der Waals surface area contributed by atoms with Crippen LogP contribution in [0.15, 0.2) is 18.2 Å². The fourth-order valence-electron chi connectivity index (χ4n) is 2.68.